The molecule has 0 amide bonds. The summed E-state index contributed by atoms with van der Waals surface area (Å²) in [6.07, 6.45) is 8.46. The number of phenols is 2. The summed E-state index contributed by atoms with van der Waals surface area (Å²) in [5.74, 6) is 0.465. The van der Waals surface area contributed by atoms with Gasteiger partial charge in [-0.15, -0.1) is 0 Å². The van der Waals surface area contributed by atoms with Gasteiger partial charge in [0, 0.05) is 21.9 Å². The molecule has 0 fully saturated rings. The number of hydrogen-bond donors (Lipinski definition) is 2. The van der Waals surface area contributed by atoms with Gasteiger partial charge < -0.3 is 10.2 Å². The average molecular weight is 224 g/mol. The second-order valence-corrected chi connectivity index (χ2v) is 4.11. The lowest BCUT2D eigenvalue weighted by atomic mass is 9.98. The smallest absolute Gasteiger partial charge is 0.131 e. The van der Waals surface area contributed by atoms with E-state index < -0.39 is 0 Å². The summed E-state index contributed by atoms with van der Waals surface area (Å²) < 4.78 is 0. The number of rotatable bonds is 0. The molecule has 84 valence electrons. The van der Waals surface area contributed by atoms with Crippen molar-refractivity contribution in [1.82, 2.24) is 0 Å². The first kappa shape index (κ1) is 9.97. The van der Waals surface area contributed by atoms with Crippen LogP contribution in [0.15, 0.2) is 36.4 Å². The lowest BCUT2D eigenvalue weighted by molar-refractivity contribution is 0.467. The number of allylic oxidation sites excluding steroid dienone is 2. The zero-order chi connectivity index (χ0) is 11.8. The molecule has 0 spiro atoms. The lowest BCUT2D eigenvalue weighted by Gasteiger charge is -2.11. The van der Waals surface area contributed by atoms with Gasteiger partial charge in [-0.25, -0.2) is 0 Å². The van der Waals surface area contributed by atoms with Gasteiger partial charge in [0.2, 0.25) is 0 Å². The highest BCUT2D eigenvalue weighted by atomic mass is 16.3. The molecule has 0 unspecified atom stereocenters. The van der Waals surface area contributed by atoms with E-state index >= 15 is 0 Å². The van der Waals surface area contributed by atoms with E-state index in [0.29, 0.717) is 21.9 Å². The molecule has 0 saturated heterocycles. The van der Waals surface area contributed by atoms with Crippen LogP contribution in [0.2, 0.25) is 0 Å². The van der Waals surface area contributed by atoms with Gasteiger partial charge in [0.25, 0.3) is 0 Å². The fourth-order valence-electron chi connectivity index (χ4n) is 2.23. The Labute approximate surface area is 99.1 Å². The van der Waals surface area contributed by atoms with Crippen molar-refractivity contribution < 1.29 is 10.2 Å². The van der Waals surface area contributed by atoms with Crippen LogP contribution in [-0.2, 0) is 0 Å². The summed E-state index contributed by atoms with van der Waals surface area (Å²) in [6.45, 7) is 0. The first-order valence-electron chi connectivity index (χ1n) is 5.59. The maximum Gasteiger partial charge on any atom is 0.131 e. The highest BCUT2D eigenvalue weighted by Crippen LogP contribution is 2.41. The fourth-order valence-corrected chi connectivity index (χ4v) is 2.23. The minimum Gasteiger partial charge on any atom is -0.507 e. The van der Waals surface area contributed by atoms with E-state index in [0.717, 1.165) is 6.42 Å². The quantitative estimate of drug-likeness (QED) is 0.670. The Kier molecular flexibility index (Phi) is 2.15. The van der Waals surface area contributed by atoms with E-state index in [-0.39, 0.29) is 11.5 Å². The first-order valence-corrected chi connectivity index (χ1v) is 5.59. The molecule has 2 aromatic rings. The van der Waals surface area contributed by atoms with Gasteiger partial charge in [-0.1, -0.05) is 48.6 Å². The van der Waals surface area contributed by atoms with Crippen LogP contribution in [0.5, 0.6) is 11.5 Å². The molecule has 0 bridgehead atoms. The van der Waals surface area contributed by atoms with Gasteiger partial charge in [0.05, 0.1) is 0 Å². The van der Waals surface area contributed by atoms with E-state index in [4.69, 9.17) is 0 Å². The minimum absolute atomic E-state index is 0.233. The van der Waals surface area contributed by atoms with E-state index in [1.54, 1.807) is 0 Å². The van der Waals surface area contributed by atoms with Crippen LogP contribution in [0.1, 0.15) is 17.5 Å². The van der Waals surface area contributed by atoms with Crippen LogP contribution in [0.25, 0.3) is 22.9 Å². The molecule has 0 saturated carbocycles. The van der Waals surface area contributed by atoms with Crippen LogP contribution < -0.4 is 0 Å². The SMILES string of the molecule is Oc1c2c(c(O)c3ccccc13)C=CCC=C2. The standard InChI is InChI=1S/C15H12O2/c16-14-10-6-2-1-3-7-11(10)15(17)13-9-5-4-8-12(13)14/h2-9,16-17H,1H2. The fraction of sp³-hybridized carbons (Fsp3) is 0.0667. The van der Waals surface area contributed by atoms with Crippen LogP contribution in [0, 0.1) is 0 Å². The number of aromatic hydroxyl groups is 2. The van der Waals surface area contributed by atoms with Crippen LogP contribution in [-0.4, -0.2) is 10.2 Å². The second-order valence-electron chi connectivity index (χ2n) is 4.11. The minimum atomic E-state index is 0.233. The Bertz CT molecular complexity index is 595. The first-order chi connectivity index (χ1) is 8.29. The van der Waals surface area contributed by atoms with Crippen molar-refractivity contribution in [3.05, 3.63) is 47.5 Å². The Morgan fingerprint density at radius 1 is 0.765 bits per heavy atom. The van der Waals surface area contributed by atoms with Gasteiger partial charge in [-0.3, -0.25) is 0 Å². The Morgan fingerprint density at radius 3 is 1.71 bits per heavy atom. The third-order valence-electron chi connectivity index (χ3n) is 3.08. The summed E-state index contributed by atoms with van der Waals surface area (Å²) in [5.41, 5.74) is 1.38. The molecule has 1 aliphatic carbocycles. The summed E-state index contributed by atoms with van der Waals surface area (Å²) in [6, 6.07) is 7.33. The zero-order valence-electron chi connectivity index (χ0n) is 9.22. The third-order valence-corrected chi connectivity index (χ3v) is 3.08. The van der Waals surface area contributed by atoms with Crippen molar-refractivity contribution >= 4 is 22.9 Å². The Morgan fingerprint density at radius 2 is 1.24 bits per heavy atom. The Balaban J connectivity index is 2.51. The predicted octanol–water partition coefficient (Wildman–Crippen LogP) is 3.68. The van der Waals surface area contributed by atoms with E-state index in [2.05, 4.69) is 0 Å². The second kappa shape index (κ2) is 3.67. The maximum atomic E-state index is 10.2. The van der Waals surface area contributed by atoms with Crippen LogP contribution in [0.3, 0.4) is 0 Å². The van der Waals surface area contributed by atoms with Crippen molar-refractivity contribution in [1.29, 1.82) is 0 Å². The Hall–Kier alpha value is -2.22. The van der Waals surface area contributed by atoms with Gasteiger partial charge in [-0.2, -0.15) is 0 Å². The van der Waals surface area contributed by atoms with Crippen molar-refractivity contribution in [2.24, 2.45) is 0 Å². The van der Waals surface area contributed by atoms with Gasteiger partial charge in [-0.05, 0) is 6.42 Å². The predicted molar refractivity (Wildman–Crippen MR) is 70.0 cm³/mol. The van der Waals surface area contributed by atoms with E-state index in [1.807, 2.05) is 48.6 Å². The highest BCUT2D eigenvalue weighted by molar-refractivity contribution is 6.00. The van der Waals surface area contributed by atoms with Crippen LogP contribution in [0.4, 0.5) is 0 Å². The zero-order valence-corrected chi connectivity index (χ0v) is 9.22. The topological polar surface area (TPSA) is 40.5 Å². The number of benzene rings is 2. The number of hydrogen-bond acceptors (Lipinski definition) is 2. The lowest BCUT2D eigenvalue weighted by Crippen LogP contribution is -1.86. The van der Waals surface area contributed by atoms with E-state index in [1.165, 1.54) is 0 Å². The van der Waals surface area contributed by atoms with Crippen LogP contribution >= 0.6 is 0 Å². The molecular formula is C15H12O2. The molecule has 1 aliphatic rings. The van der Waals surface area contributed by atoms with Crippen molar-refractivity contribution in [2.45, 2.75) is 6.42 Å². The van der Waals surface area contributed by atoms with Crippen molar-refractivity contribution in [2.75, 3.05) is 0 Å². The molecule has 0 radical (unpaired) electrons. The summed E-state index contributed by atoms with van der Waals surface area (Å²) in [5, 5.41) is 21.9. The largest absolute Gasteiger partial charge is 0.507 e. The highest BCUT2D eigenvalue weighted by Gasteiger charge is 2.15. The molecule has 0 aliphatic heterocycles. The maximum absolute atomic E-state index is 10.2. The summed E-state index contributed by atoms with van der Waals surface area (Å²) >= 11 is 0. The summed E-state index contributed by atoms with van der Waals surface area (Å²) in [7, 11) is 0. The molecule has 17 heavy (non-hydrogen) atoms. The molecular weight excluding hydrogens is 212 g/mol. The van der Waals surface area contributed by atoms with Crippen molar-refractivity contribution in [3.63, 3.8) is 0 Å². The molecule has 2 N–H and O–H groups in total. The molecule has 2 heteroatoms. The molecule has 0 heterocycles. The van der Waals surface area contributed by atoms with Gasteiger partial charge in [0.1, 0.15) is 11.5 Å². The third kappa shape index (κ3) is 1.41. The molecule has 2 aromatic carbocycles. The monoisotopic (exact) mass is 224 g/mol. The van der Waals surface area contributed by atoms with Gasteiger partial charge in [0.15, 0.2) is 0 Å². The molecule has 0 aromatic heterocycles. The average Bonchev–Trinajstić information content (AvgIpc) is 2.62. The molecule has 0 atom stereocenters. The van der Waals surface area contributed by atoms with E-state index in [9.17, 15) is 10.2 Å². The van der Waals surface area contributed by atoms with Gasteiger partial charge >= 0.3 is 0 Å². The number of phenolic OH excluding ortho intramolecular Hbond substituents is 2. The molecule has 2 nitrogen and oxygen atoms in total. The van der Waals surface area contributed by atoms with Crippen molar-refractivity contribution in [3.8, 4) is 11.5 Å². The number of fused-ring (bicyclic) bond motifs is 2. The molecule has 3 rings (SSSR count). The summed E-state index contributed by atoms with van der Waals surface area (Å²) in [4.78, 5) is 0. The normalized spacial score (nSPS) is 13.6.